The molecule has 0 bridgehead atoms. The normalized spacial score (nSPS) is 24.3. The number of likely N-dealkylation sites (tertiary alicyclic amines) is 1. The summed E-state index contributed by atoms with van der Waals surface area (Å²) in [4.78, 5) is 2.64. The van der Waals surface area contributed by atoms with Crippen LogP contribution in [-0.4, -0.2) is 24.0 Å². The van der Waals surface area contributed by atoms with Gasteiger partial charge in [-0.2, -0.15) is 0 Å². The van der Waals surface area contributed by atoms with Crippen molar-refractivity contribution < 1.29 is 0 Å². The van der Waals surface area contributed by atoms with E-state index in [1.807, 2.05) is 0 Å². The SMILES string of the molecule is c1ccc(CN2CC[C@H](N[C@@H]3CCCc4ccccc43)[C@@H](c3ccccc3)C2)cc1. The fourth-order valence-electron chi connectivity index (χ4n) is 5.43. The second kappa shape index (κ2) is 9.16. The first-order valence-corrected chi connectivity index (χ1v) is 11.5. The Bertz CT molecular complexity index is 937. The minimum atomic E-state index is 0.492. The van der Waals surface area contributed by atoms with Crippen molar-refractivity contribution in [2.24, 2.45) is 0 Å². The van der Waals surface area contributed by atoms with Gasteiger partial charge in [0.2, 0.25) is 0 Å². The molecule has 0 spiro atoms. The average molecular weight is 397 g/mol. The van der Waals surface area contributed by atoms with Crippen molar-refractivity contribution in [3.63, 3.8) is 0 Å². The number of benzene rings is 3. The lowest BCUT2D eigenvalue weighted by Crippen LogP contribution is -2.49. The van der Waals surface area contributed by atoms with Crippen LogP contribution in [0, 0.1) is 0 Å². The standard InChI is InChI=1S/C28H32N2/c1-3-10-22(11-4-1)20-30-19-18-28(26(21-30)24-12-5-2-6-13-24)29-27-17-9-15-23-14-7-8-16-25(23)27/h1-8,10-14,16,26-29H,9,15,17-21H2/t26-,27-,28+/m1/s1. The van der Waals surface area contributed by atoms with Gasteiger partial charge in [-0.25, -0.2) is 0 Å². The smallest absolute Gasteiger partial charge is 0.0325 e. The van der Waals surface area contributed by atoms with Crippen LogP contribution in [0.1, 0.15) is 53.5 Å². The molecule has 3 aromatic rings. The highest BCUT2D eigenvalue weighted by molar-refractivity contribution is 5.33. The van der Waals surface area contributed by atoms with Gasteiger partial charge in [0.25, 0.3) is 0 Å². The molecule has 0 aromatic heterocycles. The summed E-state index contributed by atoms with van der Waals surface area (Å²) >= 11 is 0. The summed E-state index contributed by atoms with van der Waals surface area (Å²) < 4.78 is 0. The Labute approximate surface area is 180 Å². The zero-order valence-corrected chi connectivity index (χ0v) is 17.7. The predicted molar refractivity (Wildman–Crippen MR) is 125 cm³/mol. The number of rotatable bonds is 5. The molecule has 1 fully saturated rings. The van der Waals surface area contributed by atoms with Gasteiger partial charge >= 0.3 is 0 Å². The summed E-state index contributed by atoms with van der Waals surface area (Å²) in [6.45, 7) is 3.32. The highest BCUT2D eigenvalue weighted by Crippen LogP contribution is 2.34. The molecule has 3 atom stereocenters. The second-order valence-corrected chi connectivity index (χ2v) is 8.94. The van der Waals surface area contributed by atoms with Gasteiger partial charge in [-0.3, -0.25) is 4.90 Å². The third-order valence-electron chi connectivity index (χ3n) is 6.96. The summed E-state index contributed by atoms with van der Waals surface area (Å²) in [5.74, 6) is 0.526. The minimum Gasteiger partial charge on any atom is -0.306 e. The Morgan fingerprint density at radius 1 is 0.800 bits per heavy atom. The van der Waals surface area contributed by atoms with E-state index in [1.54, 1.807) is 5.56 Å². The largest absolute Gasteiger partial charge is 0.306 e. The molecule has 2 heteroatoms. The third kappa shape index (κ3) is 4.35. The summed E-state index contributed by atoms with van der Waals surface area (Å²) in [6, 6.07) is 32.1. The molecule has 1 aliphatic carbocycles. The van der Waals surface area contributed by atoms with Crippen molar-refractivity contribution in [1.82, 2.24) is 10.2 Å². The van der Waals surface area contributed by atoms with Gasteiger partial charge in [-0.1, -0.05) is 84.9 Å². The molecule has 0 unspecified atom stereocenters. The fraction of sp³-hybridized carbons (Fsp3) is 0.357. The van der Waals surface area contributed by atoms with Crippen molar-refractivity contribution in [2.45, 2.75) is 50.2 Å². The van der Waals surface area contributed by atoms with E-state index in [0.717, 1.165) is 19.6 Å². The molecule has 2 aliphatic rings. The lowest BCUT2D eigenvalue weighted by Gasteiger charge is -2.42. The Hall–Kier alpha value is -2.42. The maximum atomic E-state index is 4.12. The summed E-state index contributed by atoms with van der Waals surface area (Å²) in [5, 5.41) is 4.12. The molecule has 0 saturated carbocycles. The quantitative estimate of drug-likeness (QED) is 0.594. The van der Waals surface area contributed by atoms with E-state index >= 15 is 0 Å². The van der Waals surface area contributed by atoms with Crippen LogP contribution in [0.15, 0.2) is 84.9 Å². The lowest BCUT2D eigenvalue weighted by molar-refractivity contribution is 0.158. The molecule has 1 saturated heterocycles. The van der Waals surface area contributed by atoms with Crippen molar-refractivity contribution in [2.75, 3.05) is 13.1 Å². The van der Waals surface area contributed by atoms with E-state index in [1.165, 1.54) is 42.4 Å². The van der Waals surface area contributed by atoms with Crippen molar-refractivity contribution >= 4 is 0 Å². The second-order valence-electron chi connectivity index (χ2n) is 8.94. The van der Waals surface area contributed by atoms with Crippen LogP contribution in [0.3, 0.4) is 0 Å². The molecule has 1 aliphatic heterocycles. The Kier molecular flexibility index (Phi) is 5.96. The summed E-state index contributed by atoms with van der Waals surface area (Å²) in [6.07, 6.45) is 4.97. The highest BCUT2D eigenvalue weighted by atomic mass is 15.2. The van der Waals surface area contributed by atoms with Gasteiger partial charge in [0.15, 0.2) is 0 Å². The molecule has 30 heavy (non-hydrogen) atoms. The first-order chi connectivity index (χ1) is 14.9. The summed E-state index contributed by atoms with van der Waals surface area (Å²) in [7, 11) is 0. The monoisotopic (exact) mass is 396 g/mol. The van der Waals surface area contributed by atoms with Gasteiger partial charge in [-0.15, -0.1) is 0 Å². The number of nitrogens with zero attached hydrogens (tertiary/aromatic N) is 1. The first-order valence-electron chi connectivity index (χ1n) is 11.5. The minimum absolute atomic E-state index is 0.492. The number of hydrogen-bond acceptors (Lipinski definition) is 2. The Balaban J connectivity index is 1.35. The molecule has 1 heterocycles. The Morgan fingerprint density at radius 2 is 1.53 bits per heavy atom. The van der Waals surface area contributed by atoms with Gasteiger partial charge < -0.3 is 5.32 Å². The first kappa shape index (κ1) is 19.5. The molecule has 5 rings (SSSR count). The zero-order chi connectivity index (χ0) is 20.2. The topological polar surface area (TPSA) is 15.3 Å². The highest BCUT2D eigenvalue weighted by Gasteiger charge is 2.33. The number of aryl methyl sites for hydroxylation is 1. The number of hydrogen-bond donors (Lipinski definition) is 1. The van der Waals surface area contributed by atoms with E-state index < -0.39 is 0 Å². The molecule has 0 radical (unpaired) electrons. The lowest BCUT2D eigenvalue weighted by atomic mass is 9.82. The summed E-state index contributed by atoms with van der Waals surface area (Å²) in [5.41, 5.74) is 5.95. The van der Waals surface area contributed by atoms with Crippen LogP contribution in [0.4, 0.5) is 0 Å². The van der Waals surface area contributed by atoms with E-state index in [0.29, 0.717) is 18.0 Å². The number of nitrogens with one attached hydrogen (secondary N) is 1. The van der Waals surface area contributed by atoms with Crippen molar-refractivity contribution in [3.8, 4) is 0 Å². The third-order valence-corrected chi connectivity index (χ3v) is 6.96. The zero-order valence-electron chi connectivity index (χ0n) is 17.7. The molecule has 1 N–H and O–H groups in total. The van der Waals surface area contributed by atoms with E-state index in [2.05, 4.69) is 95.1 Å². The van der Waals surface area contributed by atoms with Gasteiger partial charge in [0.05, 0.1) is 0 Å². The molecule has 2 nitrogen and oxygen atoms in total. The fourth-order valence-corrected chi connectivity index (χ4v) is 5.43. The van der Waals surface area contributed by atoms with E-state index in [-0.39, 0.29) is 0 Å². The molecular formula is C28H32N2. The average Bonchev–Trinajstić information content (AvgIpc) is 2.81. The van der Waals surface area contributed by atoms with Gasteiger partial charge in [-0.05, 0) is 47.9 Å². The van der Waals surface area contributed by atoms with E-state index in [9.17, 15) is 0 Å². The molecule has 154 valence electrons. The van der Waals surface area contributed by atoms with Crippen LogP contribution in [0.2, 0.25) is 0 Å². The van der Waals surface area contributed by atoms with Crippen molar-refractivity contribution in [3.05, 3.63) is 107 Å². The number of piperidine rings is 1. The van der Waals surface area contributed by atoms with Crippen LogP contribution in [-0.2, 0) is 13.0 Å². The Morgan fingerprint density at radius 3 is 2.37 bits per heavy atom. The molecule has 0 amide bonds. The van der Waals surface area contributed by atoms with Crippen LogP contribution in [0.5, 0.6) is 0 Å². The van der Waals surface area contributed by atoms with Gasteiger partial charge in [0, 0.05) is 37.6 Å². The van der Waals surface area contributed by atoms with Crippen LogP contribution >= 0.6 is 0 Å². The van der Waals surface area contributed by atoms with Crippen molar-refractivity contribution in [1.29, 1.82) is 0 Å². The van der Waals surface area contributed by atoms with E-state index in [4.69, 9.17) is 0 Å². The molecular weight excluding hydrogens is 364 g/mol. The van der Waals surface area contributed by atoms with Crippen LogP contribution in [0.25, 0.3) is 0 Å². The predicted octanol–water partition coefficient (Wildman–Crippen LogP) is 5.71. The number of fused-ring (bicyclic) bond motifs is 1. The maximum Gasteiger partial charge on any atom is 0.0325 e. The van der Waals surface area contributed by atoms with Gasteiger partial charge in [0.1, 0.15) is 0 Å². The maximum absolute atomic E-state index is 4.12. The van der Waals surface area contributed by atoms with Crippen LogP contribution < -0.4 is 5.32 Å². The molecule has 3 aromatic carbocycles.